The minimum atomic E-state index is -0.465. The molecular formula is C18H20N2O5. The lowest BCUT2D eigenvalue weighted by atomic mass is 10.0. The molecule has 2 amide bonds. The molecule has 0 radical (unpaired) electrons. The first-order chi connectivity index (χ1) is 11.8. The number of anilines is 1. The van der Waals surface area contributed by atoms with Crippen LogP contribution in [-0.4, -0.2) is 24.9 Å². The highest BCUT2D eigenvalue weighted by Gasteiger charge is 2.16. The van der Waals surface area contributed by atoms with E-state index in [1.165, 1.54) is 20.1 Å². The number of methoxy groups -OCH3 is 1. The third kappa shape index (κ3) is 4.47. The highest BCUT2D eigenvalue weighted by Crippen LogP contribution is 2.21. The molecule has 0 fully saturated rings. The van der Waals surface area contributed by atoms with Crippen LogP contribution >= 0.6 is 0 Å². The maximum Gasteiger partial charge on any atom is 0.338 e. The smallest absolute Gasteiger partial charge is 0.338 e. The predicted octanol–water partition coefficient (Wildman–Crippen LogP) is 2.57. The average molecular weight is 344 g/mol. The number of furan rings is 1. The quantitative estimate of drug-likeness (QED) is 0.813. The second-order valence-electron chi connectivity index (χ2n) is 5.59. The van der Waals surface area contributed by atoms with Gasteiger partial charge in [-0.1, -0.05) is 0 Å². The standard InChI is InChI=1S/C18H20N2O5/c1-10-7-13(8-15(11(10)2)18(23)24-4)20-17(22)16-6-5-14(25-16)9-19-12(3)21/h5-8H,9H2,1-4H3,(H,19,21)(H,20,22). The fourth-order valence-electron chi connectivity index (χ4n) is 2.25. The predicted molar refractivity (Wildman–Crippen MR) is 91.4 cm³/mol. The number of hydrogen-bond acceptors (Lipinski definition) is 5. The molecule has 2 rings (SSSR count). The van der Waals surface area contributed by atoms with Crippen LogP contribution in [0.1, 0.15) is 44.7 Å². The number of ether oxygens (including phenoxy) is 1. The summed E-state index contributed by atoms with van der Waals surface area (Å²) in [4.78, 5) is 35.0. The molecule has 0 unspecified atom stereocenters. The Morgan fingerprint density at radius 3 is 2.52 bits per heavy atom. The van der Waals surface area contributed by atoms with Crippen LogP contribution in [0.5, 0.6) is 0 Å². The van der Waals surface area contributed by atoms with Gasteiger partial charge in [-0.15, -0.1) is 0 Å². The zero-order valence-corrected chi connectivity index (χ0v) is 14.6. The number of carbonyl (C=O) groups excluding carboxylic acids is 3. The van der Waals surface area contributed by atoms with E-state index in [9.17, 15) is 14.4 Å². The molecule has 7 heteroatoms. The van der Waals surface area contributed by atoms with Gasteiger partial charge in [-0.25, -0.2) is 4.79 Å². The van der Waals surface area contributed by atoms with E-state index in [1.807, 2.05) is 13.8 Å². The molecule has 0 aliphatic carbocycles. The summed E-state index contributed by atoms with van der Waals surface area (Å²) < 4.78 is 10.2. The maximum absolute atomic E-state index is 12.3. The van der Waals surface area contributed by atoms with Crippen LogP contribution in [0.2, 0.25) is 0 Å². The summed E-state index contributed by atoms with van der Waals surface area (Å²) in [5.74, 6) is -0.526. The number of amides is 2. The molecular weight excluding hydrogens is 324 g/mol. The van der Waals surface area contributed by atoms with Gasteiger partial charge in [0, 0.05) is 12.6 Å². The Morgan fingerprint density at radius 1 is 1.16 bits per heavy atom. The molecule has 2 N–H and O–H groups in total. The van der Waals surface area contributed by atoms with Gasteiger partial charge in [0.15, 0.2) is 5.76 Å². The minimum Gasteiger partial charge on any atom is -0.465 e. The molecule has 0 saturated carbocycles. The molecule has 0 spiro atoms. The van der Waals surface area contributed by atoms with Crippen molar-refractivity contribution < 1.29 is 23.5 Å². The van der Waals surface area contributed by atoms with Gasteiger partial charge in [0.25, 0.3) is 5.91 Å². The van der Waals surface area contributed by atoms with E-state index >= 15 is 0 Å². The molecule has 0 atom stereocenters. The molecule has 1 aromatic carbocycles. The number of nitrogens with one attached hydrogen (secondary N) is 2. The van der Waals surface area contributed by atoms with Crippen LogP contribution in [0.25, 0.3) is 0 Å². The molecule has 0 aliphatic heterocycles. The Labute approximate surface area is 145 Å². The fraction of sp³-hybridized carbons (Fsp3) is 0.278. The van der Waals surface area contributed by atoms with Gasteiger partial charge in [0.1, 0.15) is 5.76 Å². The van der Waals surface area contributed by atoms with Gasteiger partial charge >= 0.3 is 5.97 Å². The molecule has 0 aliphatic rings. The Bertz CT molecular complexity index is 823. The van der Waals surface area contributed by atoms with Gasteiger partial charge in [0.2, 0.25) is 5.91 Å². The fourth-order valence-corrected chi connectivity index (χ4v) is 2.25. The van der Waals surface area contributed by atoms with Gasteiger partial charge in [-0.2, -0.15) is 0 Å². The first-order valence-electron chi connectivity index (χ1n) is 7.66. The third-order valence-corrected chi connectivity index (χ3v) is 3.73. The van der Waals surface area contributed by atoms with Crippen LogP contribution in [0.4, 0.5) is 5.69 Å². The summed E-state index contributed by atoms with van der Waals surface area (Å²) in [5.41, 5.74) is 2.50. The summed E-state index contributed by atoms with van der Waals surface area (Å²) in [7, 11) is 1.31. The molecule has 7 nitrogen and oxygen atoms in total. The minimum absolute atomic E-state index is 0.109. The lowest BCUT2D eigenvalue weighted by Gasteiger charge is -2.11. The van der Waals surface area contributed by atoms with Crippen molar-refractivity contribution >= 4 is 23.5 Å². The maximum atomic E-state index is 12.3. The molecule has 2 aromatic rings. The lowest BCUT2D eigenvalue weighted by Crippen LogP contribution is -2.18. The van der Waals surface area contributed by atoms with E-state index in [2.05, 4.69) is 10.6 Å². The van der Waals surface area contributed by atoms with Crippen molar-refractivity contribution in [1.82, 2.24) is 5.32 Å². The topological polar surface area (TPSA) is 97.6 Å². The highest BCUT2D eigenvalue weighted by atomic mass is 16.5. The largest absolute Gasteiger partial charge is 0.465 e. The van der Waals surface area contributed by atoms with E-state index in [0.717, 1.165) is 11.1 Å². The highest BCUT2D eigenvalue weighted by molar-refractivity contribution is 6.03. The van der Waals surface area contributed by atoms with E-state index in [-0.39, 0.29) is 18.2 Å². The lowest BCUT2D eigenvalue weighted by molar-refractivity contribution is -0.119. The Morgan fingerprint density at radius 2 is 1.88 bits per heavy atom. The SMILES string of the molecule is COC(=O)c1cc(NC(=O)c2ccc(CNC(C)=O)o2)cc(C)c1C. The van der Waals surface area contributed by atoms with Crippen molar-refractivity contribution in [2.45, 2.75) is 27.3 Å². The van der Waals surface area contributed by atoms with E-state index in [0.29, 0.717) is 17.0 Å². The zero-order valence-electron chi connectivity index (χ0n) is 14.6. The van der Waals surface area contributed by atoms with Crippen LogP contribution in [0, 0.1) is 13.8 Å². The number of carbonyl (C=O) groups is 3. The Hall–Kier alpha value is -3.09. The zero-order chi connectivity index (χ0) is 18.6. The summed E-state index contributed by atoms with van der Waals surface area (Å²) in [6.45, 7) is 5.26. The van der Waals surface area contributed by atoms with Crippen molar-refractivity contribution in [3.05, 3.63) is 52.5 Å². The molecule has 25 heavy (non-hydrogen) atoms. The van der Waals surface area contributed by atoms with Gasteiger partial charge in [-0.3, -0.25) is 9.59 Å². The number of hydrogen-bond donors (Lipinski definition) is 2. The van der Waals surface area contributed by atoms with E-state index in [1.54, 1.807) is 18.2 Å². The molecule has 132 valence electrons. The average Bonchev–Trinajstić information content (AvgIpc) is 3.04. The molecule has 1 aromatic heterocycles. The number of benzene rings is 1. The first-order valence-corrected chi connectivity index (χ1v) is 7.66. The number of rotatable bonds is 5. The second kappa shape index (κ2) is 7.65. The van der Waals surface area contributed by atoms with Crippen molar-refractivity contribution in [2.75, 3.05) is 12.4 Å². The van der Waals surface area contributed by atoms with E-state index < -0.39 is 11.9 Å². The number of aryl methyl sites for hydroxylation is 1. The Kier molecular flexibility index (Phi) is 5.59. The first kappa shape index (κ1) is 18.3. The van der Waals surface area contributed by atoms with E-state index in [4.69, 9.17) is 9.15 Å². The van der Waals surface area contributed by atoms with Crippen molar-refractivity contribution in [3.8, 4) is 0 Å². The van der Waals surface area contributed by atoms with Crippen LogP contribution in [-0.2, 0) is 16.1 Å². The van der Waals surface area contributed by atoms with Gasteiger partial charge in [-0.05, 0) is 49.2 Å². The normalized spacial score (nSPS) is 10.2. The molecule has 1 heterocycles. The van der Waals surface area contributed by atoms with Crippen molar-refractivity contribution in [1.29, 1.82) is 0 Å². The summed E-state index contributed by atoms with van der Waals surface area (Å²) >= 11 is 0. The summed E-state index contributed by atoms with van der Waals surface area (Å²) in [6, 6.07) is 6.47. The third-order valence-electron chi connectivity index (χ3n) is 3.73. The monoisotopic (exact) mass is 344 g/mol. The summed E-state index contributed by atoms with van der Waals surface area (Å²) in [5, 5.41) is 5.28. The molecule has 0 bridgehead atoms. The van der Waals surface area contributed by atoms with Gasteiger partial charge < -0.3 is 19.8 Å². The van der Waals surface area contributed by atoms with Crippen LogP contribution in [0.3, 0.4) is 0 Å². The number of esters is 1. The van der Waals surface area contributed by atoms with Crippen molar-refractivity contribution in [3.63, 3.8) is 0 Å². The Balaban J connectivity index is 2.16. The van der Waals surface area contributed by atoms with Crippen LogP contribution in [0.15, 0.2) is 28.7 Å². The van der Waals surface area contributed by atoms with Gasteiger partial charge in [0.05, 0.1) is 19.2 Å². The second-order valence-corrected chi connectivity index (χ2v) is 5.59. The van der Waals surface area contributed by atoms with Crippen LogP contribution < -0.4 is 10.6 Å². The molecule has 0 saturated heterocycles. The summed E-state index contributed by atoms with van der Waals surface area (Å²) in [6.07, 6.45) is 0. The van der Waals surface area contributed by atoms with Crippen molar-refractivity contribution in [2.24, 2.45) is 0 Å².